The van der Waals surface area contributed by atoms with Crippen LogP contribution in [-0.4, -0.2) is 0 Å². The van der Waals surface area contributed by atoms with E-state index in [9.17, 15) is 0 Å². The van der Waals surface area contributed by atoms with Crippen LogP contribution in [0.4, 0.5) is 0 Å². The third-order valence-corrected chi connectivity index (χ3v) is 1.13. The first-order chi connectivity index (χ1) is 4.27. The fourth-order valence-corrected chi connectivity index (χ4v) is 0.632. The van der Waals surface area contributed by atoms with Crippen molar-refractivity contribution in [1.82, 2.24) is 0 Å². The van der Waals surface area contributed by atoms with Crippen LogP contribution in [0.15, 0.2) is 0 Å². The topological polar surface area (TPSA) is 23.8 Å². The lowest BCUT2D eigenvalue weighted by atomic mass is 10.1. The second-order valence-electron chi connectivity index (χ2n) is 2.53. The van der Waals surface area contributed by atoms with Crippen LogP contribution < -0.4 is 0 Å². The summed E-state index contributed by atoms with van der Waals surface area (Å²) in [4.78, 5) is 0. The number of hydrogen-bond acceptors (Lipinski definition) is 1. The van der Waals surface area contributed by atoms with Gasteiger partial charge in [-0.2, -0.15) is 5.26 Å². The molecule has 1 heteroatoms. The van der Waals surface area contributed by atoms with E-state index in [1.165, 1.54) is 0 Å². The zero-order chi connectivity index (χ0) is 7.11. The summed E-state index contributed by atoms with van der Waals surface area (Å²) in [7, 11) is 0. The number of unbranched alkanes of at least 4 members (excludes halogenated alkanes) is 2. The molecule has 1 radical (unpaired) electrons. The van der Waals surface area contributed by atoms with Crippen molar-refractivity contribution in [2.24, 2.45) is 5.92 Å². The molecule has 0 saturated heterocycles. The maximum atomic E-state index is 8.17. The van der Waals surface area contributed by atoms with Gasteiger partial charge >= 0.3 is 0 Å². The highest BCUT2D eigenvalue weighted by atomic mass is 14.2. The van der Waals surface area contributed by atoms with Gasteiger partial charge < -0.3 is 0 Å². The molecule has 0 aromatic carbocycles. The van der Waals surface area contributed by atoms with Crippen molar-refractivity contribution in [2.45, 2.75) is 33.1 Å². The molecule has 1 nitrogen and oxygen atoms in total. The lowest BCUT2D eigenvalue weighted by Gasteiger charge is -1.99. The molecular weight excluding hydrogens is 110 g/mol. The normalized spacial score (nSPS) is 9.56. The molecule has 51 valence electrons. The van der Waals surface area contributed by atoms with Gasteiger partial charge in [0.1, 0.15) is 0 Å². The summed E-state index contributed by atoms with van der Waals surface area (Å²) >= 11 is 0. The van der Waals surface area contributed by atoms with Crippen LogP contribution in [0.1, 0.15) is 33.1 Å². The Morgan fingerprint density at radius 1 is 1.56 bits per heavy atom. The largest absolute Gasteiger partial charge is 0.198 e. The van der Waals surface area contributed by atoms with Gasteiger partial charge in [-0.25, -0.2) is 0 Å². The van der Waals surface area contributed by atoms with Gasteiger partial charge in [-0.15, -0.1) is 0 Å². The van der Waals surface area contributed by atoms with Crippen LogP contribution in [0.3, 0.4) is 0 Å². The van der Waals surface area contributed by atoms with Crippen LogP contribution in [0.2, 0.25) is 0 Å². The quantitative estimate of drug-likeness (QED) is 0.528. The molecule has 9 heavy (non-hydrogen) atoms. The Hall–Kier alpha value is -0.510. The Bertz CT molecular complexity index is 89.2. The molecule has 0 bridgehead atoms. The lowest BCUT2D eigenvalue weighted by molar-refractivity contribution is 0.679. The van der Waals surface area contributed by atoms with Crippen LogP contribution in [0, 0.1) is 23.7 Å². The molecule has 0 aromatic heterocycles. The van der Waals surface area contributed by atoms with E-state index >= 15 is 0 Å². The molecule has 0 aliphatic rings. The van der Waals surface area contributed by atoms with Crippen molar-refractivity contribution in [3.05, 3.63) is 6.42 Å². The molecule has 0 aromatic rings. The van der Waals surface area contributed by atoms with Crippen molar-refractivity contribution < 1.29 is 0 Å². The SMILES string of the molecule is CC(C)[CH]CCCC#N. The highest BCUT2D eigenvalue weighted by Gasteiger charge is 1.92. The Kier molecular flexibility index (Phi) is 5.30. The minimum absolute atomic E-state index is 0.670. The van der Waals surface area contributed by atoms with Crippen LogP contribution in [-0.2, 0) is 0 Å². The third-order valence-electron chi connectivity index (χ3n) is 1.13. The Labute approximate surface area is 57.7 Å². The summed E-state index contributed by atoms with van der Waals surface area (Å²) in [6.07, 6.45) is 5.06. The Balaban J connectivity index is 2.85. The predicted octanol–water partition coefficient (Wildman–Crippen LogP) is 2.54. The molecule has 0 aliphatic carbocycles. The van der Waals surface area contributed by atoms with Crippen LogP contribution in [0.25, 0.3) is 0 Å². The molecule has 0 unspecified atom stereocenters. The fourth-order valence-electron chi connectivity index (χ4n) is 0.632. The van der Waals surface area contributed by atoms with Crippen LogP contribution >= 0.6 is 0 Å². The van der Waals surface area contributed by atoms with E-state index in [0.29, 0.717) is 12.3 Å². The standard InChI is InChI=1S/C8H14N/c1-8(2)6-4-3-5-7-9/h6,8H,3-5H2,1-2H3. The zero-order valence-corrected chi connectivity index (χ0v) is 6.22. The molecular formula is C8H14N. The monoisotopic (exact) mass is 124 g/mol. The van der Waals surface area contributed by atoms with Gasteiger partial charge in [0.15, 0.2) is 0 Å². The van der Waals surface area contributed by atoms with E-state index in [4.69, 9.17) is 5.26 Å². The first-order valence-electron chi connectivity index (χ1n) is 3.47. The van der Waals surface area contributed by atoms with Gasteiger partial charge in [-0.1, -0.05) is 13.8 Å². The summed E-state index contributed by atoms with van der Waals surface area (Å²) in [5, 5.41) is 8.17. The second-order valence-corrected chi connectivity index (χ2v) is 2.53. The molecule has 0 heterocycles. The van der Waals surface area contributed by atoms with Gasteiger partial charge in [-0.05, 0) is 25.2 Å². The predicted molar refractivity (Wildman–Crippen MR) is 38.6 cm³/mol. The Morgan fingerprint density at radius 3 is 2.67 bits per heavy atom. The summed E-state index contributed by atoms with van der Waals surface area (Å²) in [6, 6.07) is 2.12. The van der Waals surface area contributed by atoms with E-state index < -0.39 is 0 Å². The average molecular weight is 124 g/mol. The maximum absolute atomic E-state index is 8.17. The number of nitriles is 1. The number of nitrogens with zero attached hydrogens (tertiary/aromatic N) is 1. The maximum Gasteiger partial charge on any atom is 0.0621 e. The van der Waals surface area contributed by atoms with E-state index in [2.05, 4.69) is 26.3 Å². The van der Waals surface area contributed by atoms with Crippen LogP contribution in [0.5, 0.6) is 0 Å². The van der Waals surface area contributed by atoms with E-state index in [-0.39, 0.29) is 0 Å². The molecule has 0 fully saturated rings. The van der Waals surface area contributed by atoms with E-state index in [1.54, 1.807) is 0 Å². The Morgan fingerprint density at radius 2 is 2.22 bits per heavy atom. The smallest absolute Gasteiger partial charge is 0.0621 e. The summed E-state index contributed by atoms with van der Waals surface area (Å²) in [5.74, 6) is 0.670. The highest BCUT2D eigenvalue weighted by Crippen LogP contribution is 2.05. The van der Waals surface area contributed by atoms with Gasteiger partial charge in [0.2, 0.25) is 0 Å². The molecule has 0 spiro atoms. The van der Waals surface area contributed by atoms with Gasteiger partial charge in [-0.3, -0.25) is 0 Å². The van der Waals surface area contributed by atoms with E-state index in [0.717, 1.165) is 12.8 Å². The minimum Gasteiger partial charge on any atom is -0.198 e. The zero-order valence-electron chi connectivity index (χ0n) is 6.22. The van der Waals surface area contributed by atoms with E-state index in [1.807, 2.05) is 0 Å². The first kappa shape index (κ1) is 8.49. The molecule has 0 atom stereocenters. The first-order valence-corrected chi connectivity index (χ1v) is 3.47. The van der Waals surface area contributed by atoms with Crippen molar-refractivity contribution >= 4 is 0 Å². The number of rotatable bonds is 4. The molecule has 0 saturated carbocycles. The average Bonchev–Trinajstić information content (AvgIpc) is 1.80. The van der Waals surface area contributed by atoms with Crippen molar-refractivity contribution in [1.29, 1.82) is 5.26 Å². The third kappa shape index (κ3) is 7.49. The molecule has 0 aliphatic heterocycles. The fraction of sp³-hybridized carbons (Fsp3) is 0.750. The number of hydrogen-bond donors (Lipinski definition) is 0. The summed E-state index contributed by atoms with van der Waals surface area (Å²) < 4.78 is 0. The van der Waals surface area contributed by atoms with Gasteiger partial charge in [0, 0.05) is 6.42 Å². The van der Waals surface area contributed by atoms with Crippen molar-refractivity contribution in [3.8, 4) is 6.07 Å². The molecule has 0 N–H and O–H groups in total. The lowest BCUT2D eigenvalue weighted by Crippen LogP contribution is -1.87. The summed E-state index contributed by atoms with van der Waals surface area (Å²) in [6.45, 7) is 4.32. The summed E-state index contributed by atoms with van der Waals surface area (Å²) in [5.41, 5.74) is 0. The second kappa shape index (κ2) is 5.62. The molecule has 0 rings (SSSR count). The van der Waals surface area contributed by atoms with Crippen molar-refractivity contribution in [2.75, 3.05) is 0 Å². The highest BCUT2D eigenvalue weighted by molar-refractivity contribution is 4.74. The molecule has 0 amide bonds. The minimum atomic E-state index is 0.670. The van der Waals surface area contributed by atoms with Gasteiger partial charge in [0.25, 0.3) is 0 Å². The van der Waals surface area contributed by atoms with Gasteiger partial charge in [0.05, 0.1) is 6.07 Å². The van der Waals surface area contributed by atoms with Crippen molar-refractivity contribution in [3.63, 3.8) is 0 Å².